The largest absolute Gasteiger partial charge is 0.347 e. The Hall–Kier alpha value is -2.99. The van der Waals surface area contributed by atoms with Crippen molar-refractivity contribution in [3.63, 3.8) is 0 Å². The van der Waals surface area contributed by atoms with Crippen LogP contribution in [0, 0.1) is 6.92 Å². The van der Waals surface area contributed by atoms with Gasteiger partial charge in [-0.25, -0.2) is 9.67 Å². The Kier molecular flexibility index (Phi) is 5.98. The minimum atomic E-state index is -0.134. The Labute approximate surface area is 159 Å². The van der Waals surface area contributed by atoms with Crippen LogP contribution >= 0.6 is 0 Å². The van der Waals surface area contributed by atoms with E-state index in [0.29, 0.717) is 12.1 Å². The topological polar surface area (TPSA) is 85.8 Å². The number of hydrogen-bond donors (Lipinski definition) is 2. The van der Waals surface area contributed by atoms with E-state index in [1.54, 1.807) is 23.1 Å². The molecule has 6 heteroatoms. The van der Waals surface area contributed by atoms with Gasteiger partial charge in [0.2, 0.25) is 0 Å². The van der Waals surface area contributed by atoms with Crippen molar-refractivity contribution in [1.82, 2.24) is 20.1 Å². The molecule has 0 radical (unpaired) electrons. The van der Waals surface area contributed by atoms with Gasteiger partial charge in [0.1, 0.15) is 12.7 Å². The highest BCUT2D eigenvalue weighted by atomic mass is 16.1. The Morgan fingerprint density at radius 3 is 2.41 bits per heavy atom. The van der Waals surface area contributed by atoms with Gasteiger partial charge in [0, 0.05) is 12.1 Å². The van der Waals surface area contributed by atoms with Crippen molar-refractivity contribution < 1.29 is 4.79 Å². The van der Waals surface area contributed by atoms with Crippen LogP contribution in [0.4, 0.5) is 0 Å². The molecule has 27 heavy (non-hydrogen) atoms. The summed E-state index contributed by atoms with van der Waals surface area (Å²) in [5, 5.41) is 7.49. The van der Waals surface area contributed by atoms with Gasteiger partial charge in [0.15, 0.2) is 0 Å². The van der Waals surface area contributed by atoms with Crippen LogP contribution < -0.4 is 11.1 Å². The number of aryl methyl sites for hydroxylation is 1. The Bertz CT molecular complexity index is 857. The van der Waals surface area contributed by atoms with Crippen LogP contribution in [0.2, 0.25) is 0 Å². The van der Waals surface area contributed by atoms with E-state index in [2.05, 4.69) is 53.5 Å². The number of nitrogens with zero attached hydrogens (tertiary/aromatic N) is 3. The van der Waals surface area contributed by atoms with E-state index in [4.69, 9.17) is 5.73 Å². The van der Waals surface area contributed by atoms with Crippen molar-refractivity contribution in [3.8, 4) is 0 Å². The summed E-state index contributed by atoms with van der Waals surface area (Å²) >= 11 is 0. The number of carbonyl (C=O) groups is 1. The molecule has 3 rings (SSSR count). The first kappa shape index (κ1) is 18.8. The monoisotopic (exact) mass is 363 g/mol. The highest BCUT2D eigenvalue weighted by Gasteiger charge is 2.26. The van der Waals surface area contributed by atoms with Crippen LogP contribution in [0.3, 0.4) is 0 Å². The summed E-state index contributed by atoms with van der Waals surface area (Å²) in [6.07, 6.45) is 3.96. The second-order valence-electron chi connectivity index (χ2n) is 6.62. The van der Waals surface area contributed by atoms with E-state index >= 15 is 0 Å². The normalized spacial score (nSPS) is 13.1. The summed E-state index contributed by atoms with van der Waals surface area (Å²) in [5.74, 6) is -0.109. The third-order valence-corrected chi connectivity index (χ3v) is 4.73. The van der Waals surface area contributed by atoms with Gasteiger partial charge in [-0.2, -0.15) is 5.10 Å². The summed E-state index contributed by atoms with van der Waals surface area (Å²) in [4.78, 5) is 16.9. The van der Waals surface area contributed by atoms with E-state index < -0.39 is 0 Å². The lowest BCUT2D eigenvalue weighted by Crippen LogP contribution is -2.41. The minimum absolute atomic E-state index is 0.109. The molecule has 1 aromatic heterocycles. The summed E-state index contributed by atoms with van der Waals surface area (Å²) in [7, 11) is 0. The average molecular weight is 363 g/mol. The molecule has 0 spiro atoms. The van der Waals surface area contributed by atoms with Crippen LogP contribution in [0.5, 0.6) is 0 Å². The molecule has 2 aromatic carbocycles. The molecule has 0 bridgehead atoms. The smallest absolute Gasteiger partial charge is 0.251 e. The zero-order valence-electron chi connectivity index (χ0n) is 15.7. The maximum absolute atomic E-state index is 12.8. The van der Waals surface area contributed by atoms with Gasteiger partial charge in [-0.15, -0.1) is 0 Å². The van der Waals surface area contributed by atoms with Crippen LogP contribution in [0.15, 0.2) is 61.2 Å². The van der Waals surface area contributed by atoms with Crippen molar-refractivity contribution in [2.75, 3.05) is 0 Å². The molecule has 0 fully saturated rings. The maximum Gasteiger partial charge on any atom is 0.251 e. The summed E-state index contributed by atoms with van der Waals surface area (Å²) in [6, 6.07) is 15.4. The number of nitrogens with two attached hydrogens (primary N) is 1. The molecule has 0 saturated carbocycles. The molecule has 140 valence electrons. The minimum Gasteiger partial charge on any atom is -0.347 e. The highest BCUT2D eigenvalue weighted by molar-refractivity contribution is 5.94. The molecule has 3 N–H and O–H groups in total. The van der Waals surface area contributed by atoms with Gasteiger partial charge < -0.3 is 11.1 Å². The number of rotatable bonds is 7. The van der Waals surface area contributed by atoms with Crippen LogP contribution in [-0.2, 0) is 6.54 Å². The molecule has 6 nitrogen and oxygen atoms in total. The first-order chi connectivity index (χ1) is 13.1. The fraction of sp³-hybridized carbons (Fsp3) is 0.286. The molecule has 0 aliphatic rings. The molecule has 1 amide bonds. The number of carbonyl (C=O) groups excluding carboxylic acids is 1. The van der Waals surface area contributed by atoms with E-state index in [9.17, 15) is 4.79 Å². The van der Waals surface area contributed by atoms with Crippen molar-refractivity contribution in [3.05, 3.63) is 83.4 Å². The Morgan fingerprint density at radius 1 is 1.15 bits per heavy atom. The lowest BCUT2D eigenvalue weighted by molar-refractivity contribution is 0.0925. The van der Waals surface area contributed by atoms with Gasteiger partial charge >= 0.3 is 0 Å². The van der Waals surface area contributed by atoms with Crippen LogP contribution in [0.25, 0.3) is 0 Å². The lowest BCUT2D eigenvalue weighted by atomic mass is 9.96. The molecule has 2 unspecified atom stereocenters. The number of aromatic nitrogens is 3. The summed E-state index contributed by atoms with van der Waals surface area (Å²) in [5.41, 5.74) is 9.52. The van der Waals surface area contributed by atoms with Crippen LogP contribution in [-0.4, -0.2) is 26.7 Å². The zero-order chi connectivity index (χ0) is 19.2. The maximum atomic E-state index is 12.8. The molecule has 1 heterocycles. The van der Waals surface area contributed by atoms with Crippen molar-refractivity contribution in [1.29, 1.82) is 0 Å². The first-order valence-corrected chi connectivity index (χ1v) is 9.13. The van der Waals surface area contributed by atoms with Crippen molar-refractivity contribution in [2.45, 2.75) is 38.9 Å². The van der Waals surface area contributed by atoms with Gasteiger partial charge in [0.05, 0.1) is 12.1 Å². The number of benzene rings is 2. The zero-order valence-corrected chi connectivity index (χ0v) is 15.7. The standard InChI is InChI=1S/C21H25N5O/c1-3-19(25-21(27)18-10-6-16(12-22)7-11-18)20(26-14-23-13-24-26)17-8-4-15(2)5-9-17/h4-11,13-14,19-20H,3,12,22H2,1-2H3,(H,25,27). The molecule has 0 aliphatic heterocycles. The highest BCUT2D eigenvalue weighted by Crippen LogP contribution is 2.24. The van der Waals surface area contributed by atoms with E-state index in [-0.39, 0.29) is 18.0 Å². The molecule has 0 saturated heterocycles. The van der Waals surface area contributed by atoms with Gasteiger partial charge in [0.25, 0.3) is 5.91 Å². The second-order valence-corrected chi connectivity index (χ2v) is 6.62. The van der Waals surface area contributed by atoms with E-state index in [1.807, 2.05) is 12.1 Å². The molecule has 2 atom stereocenters. The fourth-order valence-corrected chi connectivity index (χ4v) is 3.14. The van der Waals surface area contributed by atoms with Gasteiger partial charge in [-0.05, 0) is 36.6 Å². The summed E-state index contributed by atoms with van der Waals surface area (Å²) in [6.45, 7) is 4.57. The van der Waals surface area contributed by atoms with Gasteiger partial charge in [-0.1, -0.05) is 48.9 Å². The first-order valence-electron chi connectivity index (χ1n) is 9.13. The number of nitrogens with one attached hydrogen (secondary N) is 1. The third-order valence-electron chi connectivity index (χ3n) is 4.73. The van der Waals surface area contributed by atoms with Gasteiger partial charge in [-0.3, -0.25) is 4.79 Å². The molecular formula is C21H25N5O. The van der Waals surface area contributed by atoms with Crippen molar-refractivity contribution in [2.24, 2.45) is 5.73 Å². The van der Waals surface area contributed by atoms with Crippen LogP contribution in [0.1, 0.15) is 46.4 Å². The van der Waals surface area contributed by atoms with Crippen molar-refractivity contribution >= 4 is 5.91 Å². The fourth-order valence-electron chi connectivity index (χ4n) is 3.14. The van der Waals surface area contributed by atoms with E-state index in [1.165, 1.54) is 11.9 Å². The quantitative estimate of drug-likeness (QED) is 0.676. The third kappa shape index (κ3) is 4.41. The molecular weight excluding hydrogens is 338 g/mol. The summed E-state index contributed by atoms with van der Waals surface area (Å²) < 4.78 is 1.80. The number of amides is 1. The average Bonchev–Trinajstić information content (AvgIpc) is 3.23. The predicted octanol–water partition coefficient (Wildman–Crippen LogP) is 2.84. The molecule has 3 aromatic rings. The Balaban J connectivity index is 1.87. The van der Waals surface area contributed by atoms with E-state index in [0.717, 1.165) is 17.5 Å². The predicted molar refractivity (Wildman–Crippen MR) is 105 cm³/mol. The molecule has 0 aliphatic carbocycles. The SMILES string of the molecule is CCC(NC(=O)c1ccc(CN)cc1)C(c1ccc(C)cc1)n1cncn1. The Morgan fingerprint density at radius 2 is 1.85 bits per heavy atom. The second kappa shape index (κ2) is 8.60. The lowest BCUT2D eigenvalue weighted by Gasteiger charge is -2.28. The number of hydrogen-bond acceptors (Lipinski definition) is 4.